The standard InChI is InChI=1S/C19H28N6O2.HI/c1-4-20-19(25-10-9-14(12-25)13-26-2)21-11-17-22-18(24-23-17)15-5-7-16(27-3)8-6-15;/h5-8,14H,4,9-13H2,1-3H3,(H,20,21)(H,22,23,24);1H. The summed E-state index contributed by atoms with van der Waals surface area (Å²) in [4.78, 5) is 11.6. The molecule has 28 heavy (non-hydrogen) atoms. The second-order valence-electron chi connectivity index (χ2n) is 6.56. The van der Waals surface area contributed by atoms with Crippen molar-refractivity contribution in [3.05, 3.63) is 30.1 Å². The van der Waals surface area contributed by atoms with Crippen LogP contribution in [0.1, 0.15) is 19.2 Å². The number of hydrogen-bond acceptors (Lipinski definition) is 5. The minimum Gasteiger partial charge on any atom is -0.497 e. The van der Waals surface area contributed by atoms with Gasteiger partial charge in [-0.3, -0.25) is 5.10 Å². The molecule has 1 aliphatic heterocycles. The van der Waals surface area contributed by atoms with Gasteiger partial charge in [0.1, 0.15) is 18.1 Å². The maximum Gasteiger partial charge on any atom is 0.194 e. The molecule has 2 N–H and O–H groups in total. The number of aliphatic imine (C=N–C) groups is 1. The van der Waals surface area contributed by atoms with Crippen LogP contribution in [0.2, 0.25) is 0 Å². The molecule has 0 aliphatic carbocycles. The number of H-pyrrole nitrogens is 1. The highest BCUT2D eigenvalue weighted by Gasteiger charge is 2.24. The molecule has 1 unspecified atom stereocenters. The average molecular weight is 500 g/mol. The van der Waals surface area contributed by atoms with E-state index >= 15 is 0 Å². The van der Waals surface area contributed by atoms with E-state index in [0.29, 0.717) is 18.3 Å². The molecular formula is C19H29IN6O2. The lowest BCUT2D eigenvalue weighted by Crippen LogP contribution is -2.40. The molecule has 0 radical (unpaired) electrons. The highest BCUT2D eigenvalue weighted by molar-refractivity contribution is 14.0. The normalized spacial score (nSPS) is 16.8. The minimum atomic E-state index is 0. The number of nitrogens with one attached hydrogen (secondary N) is 2. The zero-order chi connectivity index (χ0) is 19.1. The molecule has 2 heterocycles. The average Bonchev–Trinajstić information content (AvgIpc) is 3.35. The van der Waals surface area contributed by atoms with Gasteiger partial charge in [-0.25, -0.2) is 9.98 Å². The van der Waals surface area contributed by atoms with Crippen LogP contribution in [-0.4, -0.2) is 66.5 Å². The lowest BCUT2D eigenvalue weighted by Gasteiger charge is -2.21. The minimum absolute atomic E-state index is 0. The summed E-state index contributed by atoms with van der Waals surface area (Å²) in [6.07, 6.45) is 1.13. The van der Waals surface area contributed by atoms with Crippen molar-refractivity contribution in [3.8, 4) is 17.1 Å². The van der Waals surface area contributed by atoms with Crippen molar-refractivity contribution < 1.29 is 9.47 Å². The molecular weight excluding hydrogens is 471 g/mol. The highest BCUT2D eigenvalue weighted by atomic mass is 127. The molecule has 1 atom stereocenters. The van der Waals surface area contributed by atoms with E-state index in [2.05, 4.69) is 32.3 Å². The fraction of sp³-hybridized carbons (Fsp3) is 0.526. The summed E-state index contributed by atoms with van der Waals surface area (Å²) in [5.41, 5.74) is 0.941. The van der Waals surface area contributed by atoms with E-state index in [1.54, 1.807) is 14.2 Å². The molecule has 2 aromatic rings. The molecule has 1 aliphatic rings. The lowest BCUT2D eigenvalue weighted by molar-refractivity contribution is 0.157. The molecule has 0 bridgehead atoms. The van der Waals surface area contributed by atoms with Gasteiger partial charge in [-0.2, -0.15) is 5.10 Å². The first-order chi connectivity index (χ1) is 13.2. The second kappa shape index (κ2) is 11.2. The topological polar surface area (TPSA) is 87.7 Å². The van der Waals surface area contributed by atoms with Crippen LogP contribution in [0, 0.1) is 5.92 Å². The van der Waals surface area contributed by atoms with Gasteiger partial charge in [-0.05, 0) is 37.6 Å². The van der Waals surface area contributed by atoms with Crippen molar-refractivity contribution in [2.24, 2.45) is 10.9 Å². The SMILES string of the molecule is CCNC(=NCc1nc(-c2ccc(OC)cc2)n[nH]1)N1CCC(COC)C1.I. The van der Waals surface area contributed by atoms with Gasteiger partial charge in [-0.15, -0.1) is 24.0 Å². The van der Waals surface area contributed by atoms with Gasteiger partial charge in [0.15, 0.2) is 11.8 Å². The number of halogens is 1. The van der Waals surface area contributed by atoms with Gasteiger partial charge in [0.25, 0.3) is 0 Å². The summed E-state index contributed by atoms with van der Waals surface area (Å²) in [5.74, 6) is 3.69. The number of aromatic nitrogens is 3. The second-order valence-corrected chi connectivity index (χ2v) is 6.56. The Morgan fingerprint density at radius 2 is 2.11 bits per heavy atom. The summed E-state index contributed by atoms with van der Waals surface area (Å²) in [7, 11) is 3.41. The summed E-state index contributed by atoms with van der Waals surface area (Å²) in [5, 5.41) is 10.7. The Morgan fingerprint density at radius 3 is 2.79 bits per heavy atom. The van der Waals surface area contributed by atoms with Crippen molar-refractivity contribution in [3.63, 3.8) is 0 Å². The quantitative estimate of drug-likeness (QED) is 0.345. The number of guanidine groups is 1. The molecule has 1 aromatic carbocycles. The van der Waals surface area contributed by atoms with Crippen molar-refractivity contribution in [1.29, 1.82) is 0 Å². The number of aromatic amines is 1. The Morgan fingerprint density at radius 1 is 1.32 bits per heavy atom. The lowest BCUT2D eigenvalue weighted by atomic mass is 10.1. The van der Waals surface area contributed by atoms with Crippen molar-refractivity contribution in [2.45, 2.75) is 19.9 Å². The van der Waals surface area contributed by atoms with Crippen LogP contribution in [0.3, 0.4) is 0 Å². The highest BCUT2D eigenvalue weighted by Crippen LogP contribution is 2.19. The predicted molar refractivity (Wildman–Crippen MR) is 120 cm³/mol. The summed E-state index contributed by atoms with van der Waals surface area (Å²) < 4.78 is 10.5. The molecule has 0 spiro atoms. The van der Waals surface area contributed by atoms with Gasteiger partial charge in [0.2, 0.25) is 0 Å². The Bertz CT molecular complexity index is 749. The smallest absolute Gasteiger partial charge is 0.194 e. The maximum absolute atomic E-state index is 5.28. The van der Waals surface area contributed by atoms with Crippen molar-refractivity contribution >= 4 is 29.9 Å². The number of rotatable bonds is 7. The van der Waals surface area contributed by atoms with Gasteiger partial charge < -0.3 is 19.7 Å². The fourth-order valence-corrected chi connectivity index (χ4v) is 3.21. The third kappa shape index (κ3) is 5.81. The first kappa shape index (κ1) is 22.4. The molecule has 9 heteroatoms. The number of benzene rings is 1. The Hall–Kier alpha value is -1.88. The van der Waals surface area contributed by atoms with E-state index in [9.17, 15) is 0 Å². The Kier molecular flexibility index (Phi) is 8.97. The summed E-state index contributed by atoms with van der Waals surface area (Å²) in [6.45, 7) is 6.12. The molecule has 8 nitrogen and oxygen atoms in total. The molecule has 1 saturated heterocycles. The summed E-state index contributed by atoms with van der Waals surface area (Å²) >= 11 is 0. The first-order valence-corrected chi connectivity index (χ1v) is 9.31. The Labute approximate surface area is 183 Å². The first-order valence-electron chi connectivity index (χ1n) is 9.31. The summed E-state index contributed by atoms with van der Waals surface area (Å²) in [6, 6.07) is 7.69. The van der Waals surface area contributed by atoms with E-state index in [1.165, 1.54) is 0 Å². The van der Waals surface area contributed by atoms with Crippen LogP contribution in [0.25, 0.3) is 11.4 Å². The third-order valence-electron chi connectivity index (χ3n) is 4.58. The van der Waals surface area contributed by atoms with Gasteiger partial charge in [0, 0.05) is 38.2 Å². The number of methoxy groups -OCH3 is 2. The molecule has 3 rings (SSSR count). The van der Waals surface area contributed by atoms with Crippen molar-refractivity contribution in [1.82, 2.24) is 25.4 Å². The number of hydrogen-bond donors (Lipinski definition) is 2. The third-order valence-corrected chi connectivity index (χ3v) is 4.58. The van der Waals surface area contributed by atoms with E-state index in [-0.39, 0.29) is 24.0 Å². The van der Waals surface area contributed by atoms with Gasteiger partial charge in [-0.1, -0.05) is 0 Å². The maximum atomic E-state index is 5.28. The Balaban J connectivity index is 0.00000280. The zero-order valence-electron chi connectivity index (χ0n) is 16.6. The number of likely N-dealkylation sites (tertiary alicyclic amines) is 1. The van der Waals surface area contributed by atoms with Gasteiger partial charge >= 0.3 is 0 Å². The van der Waals surface area contributed by atoms with E-state index < -0.39 is 0 Å². The van der Waals surface area contributed by atoms with E-state index in [1.807, 2.05) is 24.3 Å². The van der Waals surface area contributed by atoms with Gasteiger partial charge in [0.05, 0.1) is 13.7 Å². The number of ether oxygens (including phenoxy) is 2. The molecule has 0 saturated carbocycles. The van der Waals surface area contributed by atoms with Crippen LogP contribution < -0.4 is 10.1 Å². The van der Waals surface area contributed by atoms with Crippen LogP contribution in [0.15, 0.2) is 29.3 Å². The van der Waals surface area contributed by atoms with Crippen LogP contribution in [0.5, 0.6) is 5.75 Å². The fourth-order valence-electron chi connectivity index (χ4n) is 3.21. The molecule has 154 valence electrons. The van der Waals surface area contributed by atoms with Crippen LogP contribution >= 0.6 is 24.0 Å². The predicted octanol–water partition coefficient (Wildman–Crippen LogP) is 2.53. The molecule has 1 fully saturated rings. The van der Waals surface area contributed by atoms with E-state index in [4.69, 9.17) is 14.5 Å². The zero-order valence-corrected chi connectivity index (χ0v) is 19.0. The largest absolute Gasteiger partial charge is 0.497 e. The van der Waals surface area contributed by atoms with Crippen molar-refractivity contribution in [2.75, 3.05) is 40.5 Å². The molecule has 1 aromatic heterocycles. The molecule has 0 amide bonds. The van der Waals surface area contributed by atoms with Crippen LogP contribution in [0.4, 0.5) is 0 Å². The van der Waals surface area contributed by atoms with E-state index in [0.717, 1.165) is 55.8 Å². The monoisotopic (exact) mass is 500 g/mol. The van der Waals surface area contributed by atoms with Crippen LogP contribution in [-0.2, 0) is 11.3 Å². The number of nitrogens with zero attached hydrogens (tertiary/aromatic N) is 4.